The minimum absolute atomic E-state index is 0. The first kappa shape index (κ1) is 23.9. The second-order valence-electron chi connectivity index (χ2n) is 5.90. The van der Waals surface area contributed by atoms with Gasteiger partial charge in [-0.3, -0.25) is 4.98 Å². The molecule has 0 amide bonds. The Kier molecular flexibility index (Phi) is 8.76. The molecule has 4 nitrogen and oxygen atoms in total. The van der Waals surface area contributed by atoms with Crippen molar-refractivity contribution in [1.29, 1.82) is 0 Å². The Morgan fingerprint density at radius 1 is 0.966 bits per heavy atom. The molecule has 1 heterocycles. The van der Waals surface area contributed by atoms with Gasteiger partial charge in [0.25, 0.3) is 0 Å². The van der Waals surface area contributed by atoms with Gasteiger partial charge in [0, 0.05) is 38.3 Å². The molecule has 2 aromatic carbocycles. The molecule has 0 bridgehead atoms. The summed E-state index contributed by atoms with van der Waals surface area (Å²) in [5.41, 5.74) is 1.11. The van der Waals surface area contributed by atoms with E-state index >= 15 is 0 Å². The van der Waals surface area contributed by atoms with Crippen molar-refractivity contribution < 1.29 is 48.6 Å². The molecule has 0 saturated heterocycles. The van der Waals surface area contributed by atoms with Gasteiger partial charge in [0.05, 0.1) is 11.7 Å². The van der Waals surface area contributed by atoms with Crippen LogP contribution in [-0.2, 0) is 13.0 Å². The van der Waals surface area contributed by atoms with Crippen molar-refractivity contribution in [2.45, 2.75) is 13.0 Å². The Hall–Kier alpha value is -1.34. The molecular formula is C20H12Cl3FNNaO3. The van der Waals surface area contributed by atoms with Gasteiger partial charge in [-0.25, -0.2) is 4.39 Å². The van der Waals surface area contributed by atoms with E-state index in [2.05, 4.69) is 4.98 Å². The summed E-state index contributed by atoms with van der Waals surface area (Å²) in [4.78, 5) is 15.1. The maximum atomic E-state index is 14.0. The zero-order chi connectivity index (χ0) is 20.3. The van der Waals surface area contributed by atoms with Crippen LogP contribution in [0.25, 0.3) is 0 Å². The predicted octanol–water partition coefficient (Wildman–Crippen LogP) is 1.72. The summed E-state index contributed by atoms with van der Waals surface area (Å²) in [6.45, 7) is -0.0229. The van der Waals surface area contributed by atoms with Crippen LogP contribution in [0.4, 0.5) is 4.39 Å². The Balaban J connectivity index is 0.00000300. The first-order valence-electron chi connectivity index (χ1n) is 8.05. The molecule has 0 aliphatic carbocycles. The van der Waals surface area contributed by atoms with Crippen molar-refractivity contribution in [3.05, 3.63) is 91.9 Å². The van der Waals surface area contributed by atoms with Gasteiger partial charge in [0.15, 0.2) is 0 Å². The number of carboxylic acid groups (broad SMARTS) is 1. The van der Waals surface area contributed by atoms with Crippen molar-refractivity contribution >= 4 is 40.8 Å². The Labute approximate surface area is 203 Å². The molecule has 3 rings (SSSR count). The van der Waals surface area contributed by atoms with Crippen LogP contribution in [0, 0.1) is 5.82 Å². The minimum atomic E-state index is -1.43. The summed E-state index contributed by atoms with van der Waals surface area (Å²) >= 11 is 17.8. The summed E-state index contributed by atoms with van der Waals surface area (Å²) in [5.74, 6) is -1.45. The molecule has 0 fully saturated rings. The molecule has 0 aliphatic heterocycles. The van der Waals surface area contributed by atoms with E-state index in [1.807, 2.05) is 0 Å². The zero-order valence-corrected chi connectivity index (χ0v) is 19.5. The van der Waals surface area contributed by atoms with Crippen LogP contribution in [0.15, 0.2) is 48.5 Å². The van der Waals surface area contributed by atoms with E-state index in [1.165, 1.54) is 24.3 Å². The third kappa shape index (κ3) is 6.57. The summed E-state index contributed by atoms with van der Waals surface area (Å²) in [6.07, 6.45) is 0.208. The normalized spacial score (nSPS) is 10.3. The summed E-state index contributed by atoms with van der Waals surface area (Å²) in [7, 11) is 0. The molecular weight excluding hydrogens is 451 g/mol. The monoisotopic (exact) mass is 461 g/mol. The number of carboxylic acids is 1. The first-order valence-corrected chi connectivity index (χ1v) is 9.18. The zero-order valence-electron chi connectivity index (χ0n) is 15.2. The number of rotatable bonds is 6. The van der Waals surface area contributed by atoms with E-state index in [-0.39, 0.29) is 53.3 Å². The van der Waals surface area contributed by atoms with Gasteiger partial charge in [-0.15, -0.1) is 0 Å². The van der Waals surface area contributed by atoms with Crippen LogP contribution in [0.1, 0.15) is 27.3 Å². The van der Waals surface area contributed by atoms with Gasteiger partial charge in [0.2, 0.25) is 0 Å². The number of aromatic nitrogens is 1. The molecule has 0 aliphatic rings. The van der Waals surface area contributed by atoms with Gasteiger partial charge in [-0.1, -0.05) is 40.9 Å². The van der Waals surface area contributed by atoms with Crippen molar-refractivity contribution in [1.82, 2.24) is 4.98 Å². The molecule has 29 heavy (non-hydrogen) atoms. The van der Waals surface area contributed by atoms with E-state index in [0.29, 0.717) is 32.6 Å². The number of ether oxygens (including phenoxy) is 1. The fourth-order valence-electron chi connectivity index (χ4n) is 2.56. The molecule has 0 spiro atoms. The summed E-state index contributed by atoms with van der Waals surface area (Å²) in [5, 5.41) is 12.0. The average Bonchev–Trinajstić information content (AvgIpc) is 2.62. The van der Waals surface area contributed by atoms with Crippen LogP contribution in [-0.4, -0.2) is 11.0 Å². The van der Waals surface area contributed by atoms with Gasteiger partial charge in [0.1, 0.15) is 18.2 Å². The smallest absolute Gasteiger partial charge is 0.543 e. The molecule has 1 aromatic heterocycles. The Morgan fingerprint density at radius 2 is 1.66 bits per heavy atom. The molecule has 0 saturated carbocycles. The van der Waals surface area contributed by atoms with Crippen LogP contribution in [0.2, 0.25) is 15.1 Å². The maximum absolute atomic E-state index is 14.0. The number of aromatic carboxylic acids is 1. The average molecular weight is 463 g/mol. The molecule has 0 unspecified atom stereocenters. The molecule has 0 atom stereocenters. The van der Waals surface area contributed by atoms with Crippen LogP contribution in [0.5, 0.6) is 5.75 Å². The van der Waals surface area contributed by atoms with Gasteiger partial charge >= 0.3 is 29.6 Å². The van der Waals surface area contributed by atoms with Crippen molar-refractivity contribution in [2.24, 2.45) is 0 Å². The number of pyridine rings is 1. The molecule has 3 aromatic rings. The van der Waals surface area contributed by atoms with E-state index in [1.54, 1.807) is 24.3 Å². The van der Waals surface area contributed by atoms with E-state index < -0.39 is 11.8 Å². The standard InChI is InChI=1S/C20H13Cl3FNO3.Na/c21-13-3-4-19(28-10-11-1-2-14(22)8-17(11)24)12(5-13)6-16-7-15(23)9-18(25-16)20(26)27;/h1-5,7-9H,6,10H2,(H,26,27);/q;+1/p-1. The molecule has 144 valence electrons. The molecule has 9 heteroatoms. The number of halogens is 4. The Bertz CT molecular complexity index is 1050. The number of carbonyl (C=O) groups excluding carboxylic acids is 1. The van der Waals surface area contributed by atoms with Gasteiger partial charge in [-0.2, -0.15) is 0 Å². The van der Waals surface area contributed by atoms with Crippen molar-refractivity contribution in [3.63, 3.8) is 0 Å². The number of nitrogens with zero attached hydrogens (tertiary/aromatic N) is 1. The number of carbonyl (C=O) groups is 1. The third-order valence-electron chi connectivity index (χ3n) is 3.84. The van der Waals surface area contributed by atoms with Crippen LogP contribution < -0.4 is 39.4 Å². The Morgan fingerprint density at radius 3 is 2.34 bits per heavy atom. The van der Waals surface area contributed by atoms with Gasteiger partial charge < -0.3 is 14.6 Å². The predicted molar refractivity (Wildman–Crippen MR) is 104 cm³/mol. The van der Waals surface area contributed by atoms with E-state index in [9.17, 15) is 14.3 Å². The van der Waals surface area contributed by atoms with Crippen LogP contribution >= 0.6 is 34.8 Å². The molecule has 0 radical (unpaired) electrons. The minimum Gasteiger partial charge on any atom is -0.543 e. The first-order chi connectivity index (χ1) is 13.3. The number of hydrogen-bond acceptors (Lipinski definition) is 4. The summed E-state index contributed by atoms with van der Waals surface area (Å²) < 4.78 is 19.7. The van der Waals surface area contributed by atoms with Gasteiger partial charge in [-0.05, 0) is 42.5 Å². The van der Waals surface area contributed by atoms with Crippen molar-refractivity contribution in [3.8, 4) is 5.75 Å². The molecule has 0 N–H and O–H groups in total. The number of hydrogen-bond donors (Lipinski definition) is 0. The topological polar surface area (TPSA) is 62.2 Å². The summed E-state index contributed by atoms with van der Waals surface area (Å²) in [6, 6.07) is 12.0. The second-order valence-corrected chi connectivity index (χ2v) is 7.21. The SMILES string of the molecule is O=C([O-])c1cc(Cl)cc(Cc2cc(Cl)ccc2OCc2ccc(Cl)cc2F)n1.[Na+]. The van der Waals surface area contributed by atoms with E-state index in [4.69, 9.17) is 39.5 Å². The third-order valence-corrected chi connectivity index (χ3v) is 4.53. The van der Waals surface area contributed by atoms with Crippen LogP contribution in [0.3, 0.4) is 0 Å². The largest absolute Gasteiger partial charge is 1.00 e. The van der Waals surface area contributed by atoms with E-state index in [0.717, 1.165) is 0 Å². The van der Waals surface area contributed by atoms with Crippen molar-refractivity contribution in [2.75, 3.05) is 0 Å². The number of benzene rings is 2. The quantitative estimate of drug-likeness (QED) is 0.524. The maximum Gasteiger partial charge on any atom is 1.00 e. The fraction of sp³-hybridized carbons (Fsp3) is 0.100. The second kappa shape index (κ2) is 10.6. The fourth-order valence-corrected chi connectivity index (χ4v) is 3.14.